The number of rotatable bonds is 8. The molecule has 0 radical (unpaired) electrons. The second-order valence-corrected chi connectivity index (χ2v) is 9.38. The van der Waals surface area contributed by atoms with Crippen molar-refractivity contribution < 1.29 is 0 Å². The van der Waals surface area contributed by atoms with E-state index in [0.717, 1.165) is 40.7 Å². The minimum absolute atomic E-state index is 0.0471. The molecule has 170 valence electrons. The van der Waals surface area contributed by atoms with Crippen molar-refractivity contribution in [1.82, 2.24) is 0 Å². The van der Waals surface area contributed by atoms with Crippen molar-refractivity contribution in [2.45, 2.75) is 39.5 Å². The number of benzene rings is 3. The van der Waals surface area contributed by atoms with Gasteiger partial charge in [0.2, 0.25) is 0 Å². The summed E-state index contributed by atoms with van der Waals surface area (Å²) < 4.78 is 0. The molecule has 0 fully saturated rings. The average molecular weight is 443 g/mol. The predicted octanol–water partition coefficient (Wildman–Crippen LogP) is 9.18. The van der Waals surface area contributed by atoms with E-state index >= 15 is 0 Å². The molecule has 0 nitrogen and oxygen atoms in total. The van der Waals surface area contributed by atoms with Gasteiger partial charge in [-0.2, -0.15) is 0 Å². The second kappa shape index (κ2) is 9.69. The number of allylic oxidation sites excluding steroid dienone is 4. The first-order valence-electron chi connectivity index (χ1n) is 12.0. The quantitative estimate of drug-likeness (QED) is 0.305. The lowest BCUT2D eigenvalue weighted by atomic mass is 9.79. The second-order valence-electron chi connectivity index (χ2n) is 9.38. The van der Waals surface area contributed by atoms with E-state index in [0.29, 0.717) is 0 Å². The normalized spacial score (nSPS) is 12.8. The highest BCUT2D eigenvalue weighted by Crippen LogP contribution is 2.40. The van der Waals surface area contributed by atoms with Gasteiger partial charge in [0.25, 0.3) is 0 Å². The van der Waals surface area contributed by atoms with Crippen LogP contribution in [0.5, 0.6) is 0 Å². The van der Waals surface area contributed by atoms with Gasteiger partial charge in [-0.3, -0.25) is 0 Å². The molecule has 0 aromatic heterocycles. The fourth-order valence-corrected chi connectivity index (χ4v) is 4.94. The van der Waals surface area contributed by atoms with Gasteiger partial charge >= 0.3 is 0 Å². The first-order chi connectivity index (χ1) is 16.3. The Labute approximate surface area is 205 Å². The van der Waals surface area contributed by atoms with E-state index < -0.39 is 0 Å². The minimum atomic E-state index is 0.0471. The van der Waals surface area contributed by atoms with Crippen LogP contribution in [0.25, 0.3) is 17.2 Å². The topological polar surface area (TPSA) is 0 Å². The van der Waals surface area contributed by atoms with Gasteiger partial charge in [0, 0.05) is 5.92 Å². The highest BCUT2D eigenvalue weighted by atomic mass is 14.3. The van der Waals surface area contributed by atoms with Crippen LogP contribution in [0.1, 0.15) is 71.2 Å². The van der Waals surface area contributed by atoms with Gasteiger partial charge in [-0.25, -0.2) is 0 Å². The van der Waals surface area contributed by atoms with Gasteiger partial charge in [-0.05, 0) is 88.4 Å². The summed E-state index contributed by atoms with van der Waals surface area (Å²) in [5, 5.41) is 0. The monoisotopic (exact) mass is 442 g/mol. The SMILES string of the molecule is C=C(C)C(=C)C(c1ccc(C(=C)c2ccccc2)c(CC)c1)c1cc2c(c(C(=C)C)c1)C=CC2. The van der Waals surface area contributed by atoms with Crippen LogP contribution in [0.2, 0.25) is 0 Å². The Morgan fingerprint density at radius 1 is 0.853 bits per heavy atom. The van der Waals surface area contributed by atoms with Crippen molar-refractivity contribution in [3.63, 3.8) is 0 Å². The summed E-state index contributed by atoms with van der Waals surface area (Å²) in [7, 11) is 0. The van der Waals surface area contributed by atoms with E-state index in [1.54, 1.807) is 0 Å². The molecule has 0 heteroatoms. The molecule has 0 bridgehead atoms. The van der Waals surface area contributed by atoms with Crippen LogP contribution in [-0.2, 0) is 12.8 Å². The molecule has 1 atom stereocenters. The summed E-state index contributed by atoms with van der Waals surface area (Å²) in [6.45, 7) is 23.8. The maximum atomic E-state index is 4.48. The summed E-state index contributed by atoms with van der Waals surface area (Å²) in [4.78, 5) is 0. The van der Waals surface area contributed by atoms with Crippen molar-refractivity contribution in [1.29, 1.82) is 0 Å². The zero-order valence-corrected chi connectivity index (χ0v) is 20.7. The molecule has 1 unspecified atom stereocenters. The lowest BCUT2D eigenvalue weighted by Gasteiger charge is -2.25. The molecule has 0 heterocycles. The Morgan fingerprint density at radius 3 is 2.24 bits per heavy atom. The summed E-state index contributed by atoms with van der Waals surface area (Å²) in [5.41, 5.74) is 14.3. The first kappa shape index (κ1) is 23.5. The van der Waals surface area contributed by atoms with Crippen molar-refractivity contribution in [2.24, 2.45) is 0 Å². The third kappa shape index (κ3) is 4.41. The highest BCUT2D eigenvalue weighted by Gasteiger charge is 2.23. The van der Waals surface area contributed by atoms with Crippen LogP contribution >= 0.6 is 0 Å². The van der Waals surface area contributed by atoms with Crippen molar-refractivity contribution in [3.8, 4) is 0 Å². The van der Waals surface area contributed by atoms with E-state index in [1.165, 1.54) is 38.9 Å². The van der Waals surface area contributed by atoms with Crippen LogP contribution < -0.4 is 0 Å². The molecule has 0 amide bonds. The van der Waals surface area contributed by atoms with Crippen LogP contribution in [0.4, 0.5) is 0 Å². The lowest BCUT2D eigenvalue weighted by Crippen LogP contribution is -2.08. The average Bonchev–Trinajstić information content (AvgIpc) is 3.32. The highest BCUT2D eigenvalue weighted by molar-refractivity contribution is 5.80. The summed E-state index contributed by atoms with van der Waals surface area (Å²) in [6.07, 6.45) is 6.37. The molecular weight excluding hydrogens is 408 g/mol. The van der Waals surface area contributed by atoms with E-state index in [4.69, 9.17) is 0 Å². The van der Waals surface area contributed by atoms with E-state index in [1.807, 2.05) is 6.07 Å². The van der Waals surface area contributed by atoms with Crippen molar-refractivity contribution in [3.05, 3.63) is 149 Å². The molecule has 3 aromatic rings. The fraction of sp³-hybridized carbons (Fsp3) is 0.176. The van der Waals surface area contributed by atoms with Crippen LogP contribution in [-0.4, -0.2) is 0 Å². The van der Waals surface area contributed by atoms with E-state index in [2.05, 4.69) is 114 Å². The third-order valence-corrected chi connectivity index (χ3v) is 6.89. The molecule has 3 aromatic carbocycles. The smallest absolute Gasteiger partial charge is 0.0336 e. The molecule has 0 saturated heterocycles. The Morgan fingerprint density at radius 2 is 1.59 bits per heavy atom. The first-order valence-corrected chi connectivity index (χ1v) is 12.0. The number of fused-ring (bicyclic) bond motifs is 1. The minimum Gasteiger partial charge on any atom is -0.0958 e. The van der Waals surface area contributed by atoms with Crippen molar-refractivity contribution >= 4 is 17.2 Å². The van der Waals surface area contributed by atoms with Gasteiger partial charge in [0.05, 0.1) is 0 Å². The molecule has 4 rings (SSSR count). The molecule has 34 heavy (non-hydrogen) atoms. The maximum Gasteiger partial charge on any atom is 0.0336 e. The molecule has 1 aliphatic rings. The Hall–Kier alpha value is -3.64. The number of hydrogen-bond donors (Lipinski definition) is 0. The third-order valence-electron chi connectivity index (χ3n) is 6.89. The zero-order valence-electron chi connectivity index (χ0n) is 20.7. The standard InChI is InChI=1S/C34H34/c1-8-26-19-29(17-18-31(26)25(7)27-13-10-9-11-14-27)34(24(6)22(2)3)30-20-28-15-12-16-32(28)33(21-30)23(4)5/h9-14,16-21,34H,2,4,6-8,15H2,1,3,5H3. The number of hydrogen-bond acceptors (Lipinski definition) is 0. The van der Waals surface area contributed by atoms with E-state index in [9.17, 15) is 0 Å². The number of aryl methyl sites for hydroxylation is 1. The molecule has 0 spiro atoms. The molecule has 0 aliphatic heterocycles. The van der Waals surface area contributed by atoms with Gasteiger partial charge < -0.3 is 0 Å². The molecular formula is C34H34. The summed E-state index contributed by atoms with van der Waals surface area (Å²) in [5.74, 6) is 0.0471. The van der Waals surface area contributed by atoms with Gasteiger partial charge in [-0.15, -0.1) is 0 Å². The largest absolute Gasteiger partial charge is 0.0958 e. The van der Waals surface area contributed by atoms with Crippen molar-refractivity contribution in [2.75, 3.05) is 0 Å². The summed E-state index contributed by atoms with van der Waals surface area (Å²) in [6, 6.07) is 21.9. The molecule has 1 aliphatic carbocycles. The van der Waals surface area contributed by atoms with Crippen LogP contribution in [0.3, 0.4) is 0 Å². The summed E-state index contributed by atoms with van der Waals surface area (Å²) >= 11 is 0. The molecule has 0 saturated carbocycles. The Bertz CT molecular complexity index is 1330. The Kier molecular flexibility index (Phi) is 6.70. The maximum absolute atomic E-state index is 4.48. The predicted molar refractivity (Wildman–Crippen MR) is 150 cm³/mol. The van der Waals surface area contributed by atoms with Crippen LogP contribution in [0, 0.1) is 0 Å². The Balaban J connectivity index is 1.84. The van der Waals surface area contributed by atoms with Crippen LogP contribution in [0.15, 0.2) is 104 Å². The van der Waals surface area contributed by atoms with E-state index in [-0.39, 0.29) is 5.92 Å². The van der Waals surface area contributed by atoms with Gasteiger partial charge in [-0.1, -0.05) is 111 Å². The zero-order chi connectivity index (χ0) is 24.4. The van der Waals surface area contributed by atoms with Gasteiger partial charge in [0.15, 0.2) is 0 Å². The lowest BCUT2D eigenvalue weighted by molar-refractivity contribution is 0.947. The molecule has 0 N–H and O–H groups in total. The van der Waals surface area contributed by atoms with Gasteiger partial charge in [0.1, 0.15) is 0 Å². The fourth-order valence-electron chi connectivity index (χ4n) is 4.94.